The van der Waals surface area contributed by atoms with Crippen molar-refractivity contribution >= 4 is 5.91 Å². The summed E-state index contributed by atoms with van der Waals surface area (Å²) in [6.45, 7) is 11.8. The number of nitrogens with zero attached hydrogens (tertiary/aromatic N) is 2. The van der Waals surface area contributed by atoms with Crippen LogP contribution in [0.4, 0.5) is 0 Å². The van der Waals surface area contributed by atoms with E-state index in [1.807, 2.05) is 18.0 Å². The molecule has 1 rings (SSSR count). The van der Waals surface area contributed by atoms with E-state index < -0.39 is 0 Å². The zero-order chi connectivity index (χ0) is 14.1. The number of nitrogens with one attached hydrogen (secondary N) is 1. The molecule has 1 saturated heterocycles. The Morgan fingerprint density at radius 3 is 2.68 bits per heavy atom. The molecule has 0 radical (unpaired) electrons. The molecule has 0 aromatic carbocycles. The molecule has 0 bridgehead atoms. The third kappa shape index (κ3) is 5.57. The summed E-state index contributed by atoms with van der Waals surface area (Å²) in [7, 11) is 1.89. The van der Waals surface area contributed by atoms with Crippen LogP contribution in [-0.2, 0) is 4.79 Å². The molecule has 4 nitrogen and oxygen atoms in total. The Bertz CT molecular complexity index is 319. The van der Waals surface area contributed by atoms with Gasteiger partial charge in [-0.3, -0.25) is 9.69 Å². The molecular weight excluding hydrogens is 238 g/mol. The lowest BCUT2D eigenvalue weighted by Gasteiger charge is -2.29. The topological polar surface area (TPSA) is 35.6 Å². The van der Waals surface area contributed by atoms with Gasteiger partial charge in [-0.2, -0.15) is 0 Å². The van der Waals surface area contributed by atoms with Gasteiger partial charge in [0.1, 0.15) is 0 Å². The Labute approximate surface area is 117 Å². The highest BCUT2D eigenvalue weighted by Crippen LogP contribution is 2.09. The van der Waals surface area contributed by atoms with Crippen LogP contribution in [0.1, 0.15) is 19.8 Å². The van der Waals surface area contributed by atoms with E-state index in [4.69, 9.17) is 0 Å². The van der Waals surface area contributed by atoms with E-state index in [9.17, 15) is 4.79 Å². The number of likely N-dealkylation sites (N-methyl/N-ethyl adjacent to an activating group) is 1. The minimum atomic E-state index is 0.136. The molecule has 0 spiro atoms. The van der Waals surface area contributed by atoms with Gasteiger partial charge in [0.05, 0.1) is 0 Å². The first-order valence-electron chi connectivity index (χ1n) is 7.19. The number of hydrogen-bond acceptors (Lipinski definition) is 3. The molecule has 1 heterocycles. The third-order valence-corrected chi connectivity index (χ3v) is 3.42. The van der Waals surface area contributed by atoms with Crippen molar-refractivity contribution in [1.29, 1.82) is 0 Å². The fourth-order valence-electron chi connectivity index (χ4n) is 2.25. The second-order valence-corrected chi connectivity index (χ2v) is 5.00. The maximum Gasteiger partial charge on any atom is 0.249 e. The summed E-state index contributed by atoms with van der Waals surface area (Å²) in [5.74, 6) is 0.136. The molecule has 1 amide bonds. The van der Waals surface area contributed by atoms with Crippen LogP contribution in [0.15, 0.2) is 24.3 Å². The Kier molecular flexibility index (Phi) is 7.45. The molecule has 1 aliphatic rings. The Hall–Kier alpha value is -1.13. The predicted octanol–water partition coefficient (Wildman–Crippen LogP) is 1.26. The third-order valence-electron chi connectivity index (χ3n) is 3.42. The second kappa shape index (κ2) is 8.88. The van der Waals surface area contributed by atoms with Gasteiger partial charge in [0.25, 0.3) is 0 Å². The molecule has 0 unspecified atom stereocenters. The lowest BCUT2D eigenvalue weighted by molar-refractivity contribution is -0.126. The molecule has 0 aromatic heterocycles. The quantitative estimate of drug-likeness (QED) is 0.556. The van der Waals surface area contributed by atoms with Crippen LogP contribution >= 0.6 is 0 Å². The number of carbonyl (C=O) groups excluding carboxylic acids is 1. The Morgan fingerprint density at radius 1 is 1.42 bits per heavy atom. The summed E-state index contributed by atoms with van der Waals surface area (Å²) in [5.41, 5.74) is 0.861. The van der Waals surface area contributed by atoms with Gasteiger partial charge in [-0.05, 0) is 6.42 Å². The maximum absolute atomic E-state index is 12.3. The minimum Gasteiger partial charge on any atom is -0.341 e. The maximum atomic E-state index is 12.3. The summed E-state index contributed by atoms with van der Waals surface area (Å²) in [6, 6.07) is 0. The van der Waals surface area contributed by atoms with Gasteiger partial charge in [0.2, 0.25) is 5.91 Å². The van der Waals surface area contributed by atoms with Crippen LogP contribution in [0.2, 0.25) is 0 Å². The first-order valence-corrected chi connectivity index (χ1v) is 7.19. The highest BCUT2D eigenvalue weighted by atomic mass is 16.2. The molecule has 1 aliphatic heterocycles. The number of piperazine rings is 1. The summed E-state index contributed by atoms with van der Waals surface area (Å²) < 4.78 is 0. The molecule has 0 aromatic rings. The van der Waals surface area contributed by atoms with Crippen molar-refractivity contribution < 1.29 is 4.79 Å². The SMILES string of the molecule is C=C/C=C(\CCC)C(=O)N(C)CCN1CCNCC1. The van der Waals surface area contributed by atoms with Gasteiger partial charge in [-0.15, -0.1) is 0 Å². The van der Waals surface area contributed by atoms with E-state index in [2.05, 4.69) is 23.7 Å². The molecule has 1 fully saturated rings. The first-order chi connectivity index (χ1) is 9.19. The monoisotopic (exact) mass is 265 g/mol. The number of allylic oxidation sites excluding steroid dienone is 2. The van der Waals surface area contributed by atoms with Crippen molar-refractivity contribution in [1.82, 2.24) is 15.1 Å². The number of amides is 1. The molecular formula is C15H27N3O. The van der Waals surface area contributed by atoms with Crippen LogP contribution in [0.25, 0.3) is 0 Å². The van der Waals surface area contributed by atoms with Crippen molar-refractivity contribution in [3.63, 3.8) is 0 Å². The minimum absolute atomic E-state index is 0.136. The summed E-state index contributed by atoms with van der Waals surface area (Å²) in [6.07, 6.45) is 5.35. The van der Waals surface area contributed by atoms with E-state index in [0.717, 1.165) is 57.7 Å². The lowest BCUT2D eigenvalue weighted by Crippen LogP contribution is -2.46. The molecule has 1 N–H and O–H groups in total. The van der Waals surface area contributed by atoms with Gasteiger partial charge in [0.15, 0.2) is 0 Å². The molecule has 19 heavy (non-hydrogen) atoms. The predicted molar refractivity (Wildman–Crippen MR) is 80.1 cm³/mol. The lowest BCUT2D eigenvalue weighted by atomic mass is 10.1. The fraction of sp³-hybridized carbons (Fsp3) is 0.667. The highest BCUT2D eigenvalue weighted by Gasteiger charge is 2.15. The van der Waals surface area contributed by atoms with Gasteiger partial charge in [-0.1, -0.05) is 32.1 Å². The zero-order valence-corrected chi connectivity index (χ0v) is 12.3. The second-order valence-electron chi connectivity index (χ2n) is 5.00. The van der Waals surface area contributed by atoms with Crippen LogP contribution in [0.5, 0.6) is 0 Å². The van der Waals surface area contributed by atoms with Gasteiger partial charge >= 0.3 is 0 Å². The van der Waals surface area contributed by atoms with E-state index in [1.165, 1.54) is 0 Å². The standard InChI is InChI=1S/C15H27N3O/c1-4-6-14(7-5-2)15(19)17(3)12-13-18-10-8-16-9-11-18/h4,6,16H,1,5,7-13H2,2-3H3/b14-6+. The zero-order valence-electron chi connectivity index (χ0n) is 12.3. The van der Waals surface area contributed by atoms with E-state index in [0.29, 0.717) is 0 Å². The van der Waals surface area contributed by atoms with Crippen LogP contribution in [0.3, 0.4) is 0 Å². The van der Waals surface area contributed by atoms with Crippen LogP contribution in [0, 0.1) is 0 Å². The highest BCUT2D eigenvalue weighted by molar-refractivity contribution is 5.93. The number of rotatable bonds is 7. The van der Waals surface area contributed by atoms with Crippen molar-refractivity contribution in [3.05, 3.63) is 24.3 Å². The van der Waals surface area contributed by atoms with Gasteiger partial charge in [-0.25, -0.2) is 0 Å². The molecule has 108 valence electrons. The van der Waals surface area contributed by atoms with Crippen molar-refractivity contribution in [3.8, 4) is 0 Å². The first kappa shape index (κ1) is 15.9. The molecule has 0 saturated carbocycles. The largest absolute Gasteiger partial charge is 0.341 e. The van der Waals surface area contributed by atoms with Crippen molar-refractivity contribution in [2.24, 2.45) is 0 Å². The Morgan fingerprint density at radius 2 is 2.11 bits per heavy atom. The summed E-state index contributed by atoms with van der Waals surface area (Å²) >= 11 is 0. The Balaban J connectivity index is 2.41. The molecule has 4 heteroatoms. The number of carbonyl (C=O) groups is 1. The van der Waals surface area contributed by atoms with Crippen molar-refractivity contribution in [2.75, 3.05) is 46.3 Å². The average molecular weight is 265 g/mol. The average Bonchev–Trinajstić information content (AvgIpc) is 2.45. The summed E-state index contributed by atoms with van der Waals surface area (Å²) in [4.78, 5) is 16.5. The number of hydrogen-bond donors (Lipinski definition) is 1. The summed E-state index contributed by atoms with van der Waals surface area (Å²) in [5, 5.41) is 3.33. The fourth-order valence-corrected chi connectivity index (χ4v) is 2.25. The smallest absolute Gasteiger partial charge is 0.249 e. The normalized spacial score (nSPS) is 17.3. The van der Waals surface area contributed by atoms with Crippen LogP contribution in [-0.4, -0.2) is 62.0 Å². The van der Waals surface area contributed by atoms with Crippen LogP contribution < -0.4 is 5.32 Å². The van der Waals surface area contributed by atoms with Gasteiger partial charge < -0.3 is 10.2 Å². The molecule has 0 aliphatic carbocycles. The van der Waals surface area contributed by atoms with Gasteiger partial charge in [0, 0.05) is 51.9 Å². The van der Waals surface area contributed by atoms with E-state index in [-0.39, 0.29) is 5.91 Å². The van der Waals surface area contributed by atoms with E-state index in [1.54, 1.807) is 6.08 Å². The molecule has 0 atom stereocenters. The van der Waals surface area contributed by atoms with Crippen molar-refractivity contribution in [2.45, 2.75) is 19.8 Å². The van der Waals surface area contributed by atoms with E-state index >= 15 is 0 Å².